The van der Waals surface area contributed by atoms with Gasteiger partial charge < -0.3 is 13.9 Å². The minimum atomic E-state index is -3.83. The molecule has 3 rings (SSSR count). The summed E-state index contributed by atoms with van der Waals surface area (Å²) in [6, 6.07) is 11.1. The lowest BCUT2D eigenvalue weighted by Gasteiger charge is -2.21. The third-order valence-corrected chi connectivity index (χ3v) is 9.11. The summed E-state index contributed by atoms with van der Waals surface area (Å²) in [4.78, 5) is 12.8. The zero-order valence-corrected chi connectivity index (χ0v) is 23.0. The fourth-order valence-electron chi connectivity index (χ4n) is 3.21. The fourth-order valence-corrected chi connectivity index (χ4v) is 5.52. The zero-order valence-electron chi connectivity index (χ0n) is 21.3. The number of sulfonamides is 2. The van der Waals surface area contributed by atoms with Crippen LogP contribution in [0.1, 0.15) is 10.4 Å². The number of rotatable bonds is 13. The number of carbonyl (C=O) groups excluding carboxylic acids is 1. The van der Waals surface area contributed by atoms with Crippen LogP contribution in [0.15, 0.2) is 62.7 Å². The molecule has 0 saturated heterocycles. The van der Waals surface area contributed by atoms with E-state index in [1.165, 1.54) is 81.2 Å². The maximum absolute atomic E-state index is 13.0. The molecule has 0 aliphatic heterocycles. The van der Waals surface area contributed by atoms with Gasteiger partial charge in [0.2, 0.25) is 25.9 Å². The number of nitrogens with one attached hydrogen (secondary N) is 1. The van der Waals surface area contributed by atoms with E-state index in [2.05, 4.69) is 15.5 Å². The number of ether oxygens (including phenoxy) is 2. The molecule has 1 amide bonds. The third kappa shape index (κ3) is 6.80. The topological polar surface area (TPSA) is 161 Å². The van der Waals surface area contributed by atoms with Crippen LogP contribution in [0.3, 0.4) is 0 Å². The van der Waals surface area contributed by atoms with Crippen LogP contribution in [-0.2, 0) is 29.5 Å². The van der Waals surface area contributed by atoms with Crippen molar-refractivity contribution in [2.45, 2.75) is 9.79 Å². The lowest BCUT2D eigenvalue weighted by atomic mass is 10.2. The molecule has 1 heterocycles. The summed E-state index contributed by atoms with van der Waals surface area (Å²) in [7, 11) is -1.58. The molecule has 0 aliphatic carbocycles. The molecular formula is C23H29N5O8S2. The number of hydrogen-bond acceptors (Lipinski definition) is 10. The predicted molar refractivity (Wildman–Crippen MR) is 138 cm³/mol. The molecule has 2 aromatic carbocycles. The molecule has 13 nitrogen and oxygen atoms in total. The fraction of sp³-hybridized carbons (Fsp3) is 0.348. The molecule has 206 valence electrons. The minimum Gasteiger partial charge on any atom is -0.403 e. The second kappa shape index (κ2) is 12.6. The maximum Gasteiger partial charge on any atom is 0.322 e. The molecule has 3 aromatic rings. The standard InChI is InChI=1S/C23H29N5O8S2/c1-27(2)37(30,31)19-11-7-18(8-12-19)22-25-26-23(36-22)24-21(29)17-5-9-20(10-6-17)38(32,33)28(13-15-34-3)14-16-35-4/h5-12H,13-16H2,1-4H3,(H,24,26,29). The Morgan fingerprint density at radius 3 is 1.89 bits per heavy atom. The van der Waals surface area contributed by atoms with Crippen molar-refractivity contribution < 1.29 is 35.5 Å². The van der Waals surface area contributed by atoms with E-state index in [-0.39, 0.29) is 53.6 Å². The Labute approximate surface area is 221 Å². The van der Waals surface area contributed by atoms with E-state index >= 15 is 0 Å². The van der Waals surface area contributed by atoms with Crippen molar-refractivity contribution in [3.05, 3.63) is 54.1 Å². The van der Waals surface area contributed by atoms with Gasteiger partial charge in [-0.05, 0) is 48.5 Å². The number of aromatic nitrogens is 2. The van der Waals surface area contributed by atoms with E-state index in [0.29, 0.717) is 5.56 Å². The average molecular weight is 568 g/mol. The normalized spacial score (nSPS) is 12.3. The van der Waals surface area contributed by atoms with Gasteiger partial charge in [-0.1, -0.05) is 5.10 Å². The van der Waals surface area contributed by atoms with Crippen molar-refractivity contribution in [1.82, 2.24) is 18.8 Å². The first kappa shape index (κ1) is 29.3. The van der Waals surface area contributed by atoms with Crippen molar-refractivity contribution in [3.8, 4) is 11.5 Å². The highest BCUT2D eigenvalue weighted by Gasteiger charge is 2.24. The predicted octanol–water partition coefficient (Wildman–Crippen LogP) is 1.52. The summed E-state index contributed by atoms with van der Waals surface area (Å²) < 4.78 is 68.3. The summed E-state index contributed by atoms with van der Waals surface area (Å²) in [5, 5.41) is 10.1. The van der Waals surface area contributed by atoms with Gasteiger partial charge in [0.25, 0.3) is 5.91 Å². The van der Waals surface area contributed by atoms with Crippen LogP contribution in [0.4, 0.5) is 6.01 Å². The summed E-state index contributed by atoms with van der Waals surface area (Å²) in [6.45, 7) is 0.736. The number of carbonyl (C=O) groups is 1. The molecule has 1 aromatic heterocycles. The molecule has 0 spiro atoms. The van der Waals surface area contributed by atoms with Gasteiger partial charge in [0, 0.05) is 52.5 Å². The van der Waals surface area contributed by atoms with E-state index in [1.807, 2.05) is 0 Å². The molecule has 0 saturated carbocycles. The molecule has 38 heavy (non-hydrogen) atoms. The molecule has 0 fully saturated rings. The number of hydrogen-bond donors (Lipinski definition) is 1. The summed E-state index contributed by atoms with van der Waals surface area (Å²) in [6.07, 6.45) is 0. The Hall–Kier alpha value is -3.21. The van der Waals surface area contributed by atoms with Crippen LogP contribution in [0.2, 0.25) is 0 Å². The quantitative estimate of drug-likeness (QED) is 0.321. The third-order valence-electron chi connectivity index (χ3n) is 5.37. The molecule has 0 unspecified atom stereocenters. The van der Waals surface area contributed by atoms with Crippen LogP contribution in [0, 0.1) is 0 Å². The van der Waals surface area contributed by atoms with Gasteiger partial charge in [-0.15, -0.1) is 5.10 Å². The van der Waals surface area contributed by atoms with E-state index in [1.54, 1.807) is 0 Å². The van der Waals surface area contributed by atoms with Crippen LogP contribution >= 0.6 is 0 Å². The van der Waals surface area contributed by atoms with Gasteiger partial charge in [0.1, 0.15) is 0 Å². The molecule has 1 N–H and O–H groups in total. The average Bonchev–Trinajstić information content (AvgIpc) is 3.37. The number of nitrogens with zero attached hydrogens (tertiary/aromatic N) is 4. The number of anilines is 1. The first-order valence-electron chi connectivity index (χ1n) is 11.3. The maximum atomic E-state index is 13.0. The van der Waals surface area contributed by atoms with E-state index in [0.717, 1.165) is 4.31 Å². The molecule has 0 bridgehead atoms. The van der Waals surface area contributed by atoms with Crippen molar-refractivity contribution in [1.29, 1.82) is 0 Å². The summed E-state index contributed by atoms with van der Waals surface area (Å²) in [5.74, 6) is -0.519. The van der Waals surface area contributed by atoms with Gasteiger partial charge >= 0.3 is 6.01 Å². The Kier molecular flexibility index (Phi) is 9.70. The Bertz CT molecular complexity index is 1430. The van der Waals surface area contributed by atoms with Crippen LogP contribution < -0.4 is 5.32 Å². The van der Waals surface area contributed by atoms with Crippen molar-refractivity contribution in [2.75, 3.05) is 59.9 Å². The van der Waals surface area contributed by atoms with Gasteiger partial charge in [-0.2, -0.15) is 4.31 Å². The van der Waals surface area contributed by atoms with Gasteiger partial charge in [-0.3, -0.25) is 10.1 Å². The van der Waals surface area contributed by atoms with Crippen LogP contribution in [-0.4, -0.2) is 96.2 Å². The Balaban J connectivity index is 1.70. The molecular weight excluding hydrogens is 538 g/mol. The van der Waals surface area contributed by atoms with Crippen molar-refractivity contribution in [3.63, 3.8) is 0 Å². The van der Waals surface area contributed by atoms with Gasteiger partial charge in [0.05, 0.1) is 23.0 Å². The minimum absolute atomic E-state index is 0.0149. The highest BCUT2D eigenvalue weighted by Crippen LogP contribution is 2.23. The molecule has 0 atom stereocenters. The second-order valence-electron chi connectivity index (χ2n) is 8.09. The van der Waals surface area contributed by atoms with Gasteiger partial charge in [0.15, 0.2) is 0 Å². The lowest BCUT2D eigenvalue weighted by Crippen LogP contribution is -2.36. The Morgan fingerprint density at radius 2 is 1.37 bits per heavy atom. The highest BCUT2D eigenvalue weighted by atomic mass is 32.2. The first-order chi connectivity index (χ1) is 18.0. The Morgan fingerprint density at radius 1 is 0.842 bits per heavy atom. The van der Waals surface area contributed by atoms with Crippen LogP contribution in [0.5, 0.6) is 0 Å². The van der Waals surface area contributed by atoms with Crippen molar-refractivity contribution >= 4 is 32.0 Å². The monoisotopic (exact) mass is 567 g/mol. The van der Waals surface area contributed by atoms with Gasteiger partial charge in [-0.25, -0.2) is 21.1 Å². The van der Waals surface area contributed by atoms with Crippen LogP contribution in [0.25, 0.3) is 11.5 Å². The highest BCUT2D eigenvalue weighted by molar-refractivity contribution is 7.89. The number of amides is 1. The summed E-state index contributed by atoms with van der Waals surface area (Å²) >= 11 is 0. The SMILES string of the molecule is COCCN(CCOC)S(=O)(=O)c1ccc(C(=O)Nc2nnc(-c3ccc(S(=O)(=O)N(C)C)cc3)o2)cc1. The summed E-state index contributed by atoms with van der Waals surface area (Å²) in [5.41, 5.74) is 0.624. The molecule has 15 heteroatoms. The molecule has 0 aliphatic rings. The van der Waals surface area contributed by atoms with Crippen molar-refractivity contribution in [2.24, 2.45) is 0 Å². The smallest absolute Gasteiger partial charge is 0.322 e. The van der Waals surface area contributed by atoms with E-state index < -0.39 is 26.0 Å². The molecule has 0 radical (unpaired) electrons. The van der Waals surface area contributed by atoms with E-state index in [9.17, 15) is 21.6 Å². The first-order valence-corrected chi connectivity index (χ1v) is 14.1. The number of methoxy groups -OCH3 is 2. The number of benzene rings is 2. The largest absolute Gasteiger partial charge is 0.403 e. The zero-order chi connectivity index (χ0) is 27.9. The second-order valence-corrected chi connectivity index (χ2v) is 12.2. The lowest BCUT2D eigenvalue weighted by molar-refractivity contribution is 0.102. The van der Waals surface area contributed by atoms with E-state index in [4.69, 9.17) is 13.9 Å².